The lowest BCUT2D eigenvalue weighted by Gasteiger charge is -2.13. The highest BCUT2D eigenvalue weighted by Crippen LogP contribution is 2.27. The highest BCUT2D eigenvalue weighted by Gasteiger charge is 2.16. The number of nitrogens with two attached hydrogens (primary N) is 1. The maximum atomic E-state index is 12.2. The summed E-state index contributed by atoms with van der Waals surface area (Å²) in [6.07, 6.45) is 0. The van der Waals surface area contributed by atoms with Crippen LogP contribution in [0.25, 0.3) is 11.4 Å². The number of nitrogens with one attached hydrogen (secondary N) is 1. The van der Waals surface area contributed by atoms with Crippen LogP contribution in [0.2, 0.25) is 5.02 Å². The lowest BCUT2D eigenvalue weighted by Crippen LogP contribution is -2.28. The molecule has 3 aromatic rings. The zero-order chi connectivity index (χ0) is 18.5. The van der Waals surface area contributed by atoms with E-state index < -0.39 is 0 Å². The third-order valence-corrected chi connectivity index (χ3v) is 5.06. The third kappa shape index (κ3) is 4.17. The quantitative estimate of drug-likeness (QED) is 0.500. The number of aromatic nitrogens is 3. The minimum atomic E-state index is -0.103. The normalized spacial score (nSPS) is 11.9. The van der Waals surface area contributed by atoms with Crippen LogP contribution in [0.15, 0.2) is 59.8 Å². The van der Waals surface area contributed by atoms with Gasteiger partial charge in [-0.15, -0.1) is 10.2 Å². The van der Waals surface area contributed by atoms with E-state index in [0.717, 1.165) is 5.56 Å². The Hall–Kier alpha value is -2.51. The van der Waals surface area contributed by atoms with E-state index in [2.05, 4.69) is 15.5 Å². The Bertz CT molecular complexity index is 900. The Morgan fingerprint density at radius 3 is 2.62 bits per heavy atom. The Kier molecular flexibility index (Phi) is 5.80. The van der Waals surface area contributed by atoms with Crippen LogP contribution in [0.1, 0.15) is 18.5 Å². The van der Waals surface area contributed by atoms with Crippen LogP contribution >= 0.6 is 23.4 Å². The van der Waals surface area contributed by atoms with Gasteiger partial charge >= 0.3 is 0 Å². The molecule has 3 rings (SSSR count). The molecule has 0 spiro atoms. The van der Waals surface area contributed by atoms with Gasteiger partial charge in [-0.1, -0.05) is 65.8 Å². The van der Waals surface area contributed by atoms with Gasteiger partial charge in [0.25, 0.3) is 0 Å². The number of halogens is 1. The summed E-state index contributed by atoms with van der Waals surface area (Å²) in [7, 11) is 0. The van der Waals surface area contributed by atoms with Crippen molar-refractivity contribution < 1.29 is 4.79 Å². The number of hydrogen-bond acceptors (Lipinski definition) is 5. The Balaban J connectivity index is 1.62. The summed E-state index contributed by atoms with van der Waals surface area (Å²) in [5, 5.41) is 12.1. The molecule has 0 saturated heterocycles. The van der Waals surface area contributed by atoms with Crippen LogP contribution < -0.4 is 11.2 Å². The lowest BCUT2D eigenvalue weighted by atomic mass is 10.1. The molecule has 3 N–H and O–H groups in total. The number of hydrogen-bond donors (Lipinski definition) is 2. The number of carbonyl (C=O) groups is 1. The zero-order valence-corrected chi connectivity index (χ0v) is 15.7. The van der Waals surface area contributed by atoms with Gasteiger partial charge in [-0.2, -0.15) is 0 Å². The summed E-state index contributed by atoms with van der Waals surface area (Å²) in [6, 6.07) is 17.0. The molecule has 134 valence electrons. The van der Waals surface area contributed by atoms with E-state index in [4.69, 9.17) is 17.4 Å². The van der Waals surface area contributed by atoms with Crippen molar-refractivity contribution >= 4 is 29.3 Å². The number of amides is 1. The van der Waals surface area contributed by atoms with Crippen molar-refractivity contribution in [2.75, 3.05) is 11.6 Å². The molecule has 0 unspecified atom stereocenters. The van der Waals surface area contributed by atoms with Crippen molar-refractivity contribution in [3.05, 3.63) is 65.2 Å². The summed E-state index contributed by atoms with van der Waals surface area (Å²) in [6.45, 7) is 1.94. The van der Waals surface area contributed by atoms with E-state index in [9.17, 15) is 4.79 Å². The first-order chi connectivity index (χ1) is 12.6. The second-order valence-corrected chi connectivity index (χ2v) is 6.99. The zero-order valence-electron chi connectivity index (χ0n) is 14.1. The first kappa shape index (κ1) is 18.3. The van der Waals surface area contributed by atoms with Crippen molar-refractivity contribution in [1.29, 1.82) is 0 Å². The van der Waals surface area contributed by atoms with Crippen molar-refractivity contribution in [3.63, 3.8) is 0 Å². The van der Waals surface area contributed by atoms with E-state index in [1.807, 2.05) is 55.5 Å². The number of nitrogens with zero attached hydrogens (tertiary/aromatic N) is 3. The van der Waals surface area contributed by atoms with Gasteiger partial charge in [0.2, 0.25) is 11.1 Å². The van der Waals surface area contributed by atoms with Gasteiger partial charge in [0.15, 0.2) is 5.82 Å². The highest BCUT2D eigenvalue weighted by atomic mass is 35.5. The monoisotopic (exact) mass is 387 g/mol. The summed E-state index contributed by atoms with van der Waals surface area (Å²) in [5.41, 5.74) is 1.74. The largest absolute Gasteiger partial charge is 0.349 e. The van der Waals surface area contributed by atoms with Gasteiger partial charge in [-0.3, -0.25) is 4.79 Å². The maximum Gasteiger partial charge on any atom is 0.230 e. The van der Waals surface area contributed by atoms with Gasteiger partial charge in [0.1, 0.15) is 0 Å². The molecular formula is C18H18ClN5OS. The first-order valence-corrected chi connectivity index (χ1v) is 9.35. The summed E-state index contributed by atoms with van der Waals surface area (Å²) < 4.78 is 1.35. The van der Waals surface area contributed by atoms with Gasteiger partial charge in [-0.05, 0) is 24.6 Å². The number of carbonyl (C=O) groups excluding carboxylic acids is 1. The van der Waals surface area contributed by atoms with Crippen LogP contribution in [-0.2, 0) is 4.79 Å². The number of nitrogen functional groups attached to an aromatic ring is 1. The smallest absolute Gasteiger partial charge is 0.230 e. The highest BCUT2D eigenvalue weighted by molar-refractivity contribution is 7.99. The molecular weight excluding hydrogens is 370 g/mol. The molecule has 26 heavy (non-hydrogen) atoms. The van der Waals surface area contributed by atoms with Crippen molar-refractivity contribution in [1.82, 2.24) is 20.2 Å². The van der Waals surface area contributed by atoms with E-state index in [-0.39, 0.29) is 17.7 Å². The van der Waals surface area contributed by atoms with E-state index in [1.54, 1.807) is 6.07 Å². The second-order valence-electron chi connectivity index (χ2n) is 5.64. The molecule has 1 amide bonds. The molecule has 8 heteroatoms. The minimum absolute atomic E-state index is 0.0706. The number of benzene rings is 2. The van der Waals surface area contributed by atoms with Crippen molar-refractivity contribution in [2.24, 2.45) is 0 Å². The summed E-state index contributed by atoms with van der Waals surface area (Å²) >= 11 is 7.40. The molecule has 1 atom stereocenters. The fraction of sp³-hybridized carbons (Fsp3) is 0.167. The average Bonchev–Trinajstić information content (AvgIpc) is 3.01. The standard InChI is InChI=1S/C18H18ClN5OS/c1-12(13-7-3-2-4-8-13)21-16(25)11-26-18-23-22-17(24(18)20)14-9-5-6-10-15(14)19/h2-10,12H,11,20H2,1H3,(H,21,25)/t12-/m0/s1. The SMILES string of the molecule is C[C@H](NC(=O)CSc1nnc(-c2ccccc2Cl)n1N)c1ccccc1. The molecule has 6 nitrogen and oxygen atoms in total. The van der Waals surface area contributed by atoms with Gasteiger partial charge in [0, 0.05) is 5.56 Å². The Morgan fingerprint density at radius 2 is 1.88 bits per heavy atom. The van der Waals surface area contributed by atoms with Crippen LogP contribution in [0.3, 0.4) is 0 Å². The van der Waals surface area contributed by atoms with Gasteiger partial charge < -0.3 is 11.2 Å². The molecule has 1 aromatic heterocycles. The molecule has 0 aliphatic rings. The molecule has 0 aliphatic heterocycles. The van der Waals surface area contributed by atoms with Crippen LogP contribution in [-0.4, -0.2) is 26.5 Å². The molecule has 0 radical (unpaired) electrons. The second kappa shape index (κ2) is 8.25. The lowest BCUT2D eigenvalue weighted by molar-refractivity contribution is -0.119. The number of rotatable bonds is 6. The fourth-order valence-corrected chi connectivity index (χ4v) is 3.33. The van der Waals surface area contributed by atoms with E-state index >= 15 is 0 Å². The van der Waals surface area contributed by atoms with Crippen molar-refractivity contribution in [3.8, 4) is 11.4 Å². The summed E-state index contributed by atoms with van der Waals surface area (Å²) in [4.78, 5) is 12.2. The minimum Gasteiger partial charge on any atom is -0.349 e. The van der Waals surface area contributed by atoms with E-state index in [1.165, 1.54) is 16.4 Å². The predicted molar refractivity (Wildman–Crippen MR) is 104 cm³/mol. The molecule has 0 aliphatic carbocycles. The third-order valence-electron chi connectivity index (χ3n) is 3.79. The van der Waals surface area contributed by atoms with Crippen molar-refractivity contribution in [2.45, 2.75) is 18.1 Å². The fourth-order valence-electron chi connectivity index (χ4n) is 2.44. The number of thioether (sulfide) groups is 1. The van der Waals surface area contributed by atoms with Crippen LogP contribution in [0.5, 0.6) is 0 Å². The van der Waals surface area contributed by atoms with Gasteiger partial charge in [-0.25, -0.2) is 4.68 Å². The molecule has 2 aromatic carbocycles. The molecule has 0 saturated carbocycles. The Morgan fingerprint density at radius 1 is 1.19 bits per heavy atom. The predicted octanol–water partition coefficient (Wildman–Crippen LogP) is 3.28. The molecule has 0 bridgehead atoms. The summed E-state index contributed by atoms with van der Waals surface area (Å²) in [5.74, 6) is 6.60. The topological polar surface area (TPSA) is 85.8 Å². The van der Waals surface area contributed by atoms with E-state index in [0.29, 0.717) is 21.6 Å². The van der Waals surface area contributed by atoms with Gasteiger partial charge in [0.05, 0.1) is 16.8 Å². The van der Waals surface area contributed by atoms with Crippen LogP contribution in [0, 0.1) is 0 Å². The molecule has 1 heterocycles. The Labute approximate surface area is 160 Å². The van der Waals surface area contributed by atoms with Crippen LogP contribution in [0.4, 0.5) is 0 Å². The maximum absolute atomic E-state index is 12.2. The first-order valence-electron chi connectivity index (χ1n) is 7.98. The molecule has 0 fully saturated rings. The average molecular weight is 388 g/mol.